The van der Waals surface area contributed by atoms with Crippen LogP contribution in [0.1, 0.15) is 24.7 Å². The average Bonchev–Trinajstić information content (AvgIpc) is 3.25. The maximum atomic E-state index is 13.0. The first-order valence-corrected chi connectivity index (χ1v) is 11.0. The van der Waals surface area contributed by atoms with Crippen molar-refractivity contribution in [3.05, 3.63) is 69.6 Å². The number of benzene rings is 2. The van der Waals surface area contributed by atoms with E-state index in [2.05, 4.69) is 10.1 Å². The van der Waals surface area contributed by atoms with Crippen molar-refractivity contribution in [3.8, 4) is 11.4 Å². The normalized spacial score (nSPS) is 17.7. The molecule has 0 aliphatic carbocycles. The SMILES string of the molecule is O=[N+]([O-])c1ccc(S(=O)(=O)N2CCC[C@H](c3nc(-c4ccc(Cl)cc4)no3)C2)cc1. The van der Waals surface area contributed by atoms with Crippen LogP contribution in [0.3, 0.4) is 0 Å². The number of halogens is 1. The van der Waals surface area contributed by atoms with Gasteiger partial charge in [-0.05, 0) is 49.2 Å². The van der Waals surface area contributed by atoms with Crippen molar-refractivity contribution in [3.63, 3.8) is 0 Å². The van der Waals surface area contributed by atoms with Crippen LogP contribution in [0.4, 0.5) is 5.69 Å². The van der Waals surface area contributed by atoms with Gasteiger partial charge < -0.3 is 4.52 Å². The minimum Gasteiger partial charge on any atom is -0.339 e. The monoisotopic (exact) mass is 448 g/mol. The van der Waals surface area contributed by atoms with Crippen molar-refractivity contribution in [2.45, 2.75) is 23.7 Å². The van der Waals surface area contributed by atoms with Gasteiger partial charge in [-0.15, -0.1) is 0 Å². The van der Waals surface area contributed by atoms with Crippen molar-refractivity contribution < 1.29 is 17.9 Å². The first-order chi connectivity index (χ1) is 14.3. The summed E-state index contributed by atoms with van der Waals surface area (Å²) in [6.45, 7) is 0.551. The van der Waals surface area contributed by atoms with Crippen molar-refractivity contribution in [2.24, 2.45) is 0 Å². The lowest BCUT2D eigenvalue weighted by atomic mass is 10.00. The lowest BCUT2D eigenvalue weighted by Gasteiger charge is -2.30. The molecule has 2 heterocycles. The van der Waals surface area contributed by atoms with Crippen LogP contribution in [-0.4, -0.2) is 40.9 Å². The second-order valence-electron chi connectivity index (χ2n) is 6.92. The number of nitrogens with zero attached hydrogens (tertiary/aromatic N) is 4. The van der Waals surface area contributed by atoms with Gasteiger partial charge in [0.05, 0.1) is 15.7 Å². The lowest BCUT2D eigenvalue weighted by Crippen LogP contribution is -2.39. The molecule has 1 fully saturated rings. The third kappa shape index (κ3) is 4.07. The van der Waals surface area contributed by atoms with E-state index >= 15 is 0 Å². The van der Waals surface area contributed by atoms with Crippen LogP contribution < -0.4 is 0 Å². The van der Waals surface area contributed by atoms with E-state index in [-0.39, 0.29) is 23.0 Å². The Hall–Kier alpha value is -2.82. The molecule has 1 aliphatic heterocycles. The number of non-ortho nitro benzene ring substituents is 1. The fraction of sp³-hybridized carbons (Fsp3) is 0.263. The van der Waals surface area contributed by atoms with Crippen LogP contribution in [0.25, 0.3) is 11.4 Å². The summed E-state index contributed by atoms with van der Waals surface area (Å²) in [5, 5.41) is 15.4. The molecule has 0 bridgehead atoms. The Morgan fingerprint density at radius 1 is 1.13 bits per heavy atom. The molecule has 0 unspecified atom stereocenters. The number of nitro groups is 1. The first kappa shape index (κ1) is 20.5. The molecule has 156 valence electrons. The summed E-state index contributed by atoms with van der Waals surface area (Å²) in [5.74, 6) is 0.556. The molecular weight excluding hydrogens is 432 g/mol. The van der Waals surface area contributed by atoms with Crippen molar-refractivity contribution in [2.75, 3.05) is 13.1 Å². The third-order valence-corrected chi connectivity index (χ3v) is 7.09. The van der Waals surface area contributed by atoms with Crippen LogP contribution in [0.15, 0.2) is 57.9 Å². The number of hydrogen-bond acceptors (Lipinski definition) is 7. The average molecular weight is 449 g/mol. The Labute approximate surface area is 177 Å². The van der Waals surface area contributed by atoms with E-state index in [4.69, 9.17) is 16.1 Å². The van der Waals surface area contributed by atoms with Gasteiger partial charge in [0.1, 0.15) is 0 Å². The molecule has 9 nitrogen and oxygen atoms in total. The van der Waals surface area contributed by atoms with Gasteiger partial charge in [0, 0.05) is 35.8 Å². The molecule has 11 heteroatoms. The number of rotatable bonds is 5. The fourth-order valence-electron chi connectivity index (χ4n) is 3.37. The Kier molecular flexibility index (Phi) is 5.54. The van der Waals surface area contributed by atoms with Crippen molar-refractivity contribution >= 4 is 27.3 Å². The first-order valence-electron chi connectivity index (χ1n) is 9.19. The summed E-state index contributed by atoms with van der Waals surface area (Å²) in [6, 6.07) is 11.9. The van der Waals surface area contributed by atoms with Gasteiger partial charge in [-0.3, -0.25) is 10.1 Å². The molecule has 2 aromatic carbocycles. The molecule has 1 aromatic heterocycles. The molecule has 4 rings (SSSR count). The Balaban J connectivity index is 1.53. The molecule has 1 atom stereocenters. The molecule has 1 aliphatic rings. The molecule has 1 saturated heterocycles. The van der Waals surface area contributed by atoms with Crippen LogP contribution in [0.5, 0.6) is 0 Å². The van der Waals surface area contributed by atoms with E-state index in [9.17, 15) is 18.5 Å². The van der Waals surface area contributed by atoms with Crippen molar-refractivity contribution in [1.82, 2.24) is 14.4 Å². The minimum atomic E-state index is -3.79. The molecule has 30 heavy (non-hydrogen) atoms. The zero-order valence-corrected chi connectivity index (χ0v) is 17.2. The number of sulfonamides is 1. The summed E-state index contributed by atoms with van der Waals surface area (Å²) in [4.78, 5) is 14.7. The Morgan fingerprint density at radius 2 is 1.83 bits per heavy atom. The molecular formula is C19H17ClN4O5S. The Morgan fingerprint density at radius 3 is 2.50 bits per heavy atom. The second kappa shape index (κ2) is 8.13. The Bertz CT molecular complexity index is 1160. The van der Waals surface area contributed by atoms with E-state index in [0.29, 0.717) is 36.1 Å². The maximum Gasteiger partial charge on any atom is 0.269 e. The highest BCUT2D eigenvalue weighted by atomic mass is 35.5. The molecule has 3 aromatic rings. The molecule has 0 spiro atoms. The summed E-state index contributed by atoms with van der Waals surface area (Å²) < 4.78 is 32.7. The van der Waals surface area contributed by atoms with E-state index in [1.807, 2.05) is 0 Å². The predicted molar refractivity (Wildman–Crippen MR) is 109 cm³/mol. The highest BCUT2D eigenvalue weighted by Crippen LogP contribution is 2.31. The number of aromatic nitrogens is 2. The summed E-state index contributed by atoms with van der Waals surface area (Å²) in [5.41, 5.74) is 0.589. The number of piperidine rings is 1. The van der Waals surface area contributed by atoms with Gasteiger partial charge >= 0.3 is 0 Å². The van der Waals surface area contributed by atoms with E-state index in [1.54, 1.807) is 24.3 Å². The van der Waals surface area contributed by atoms with Gasteiger partial charge in [0.25, 0.3) is 5.69 Å². The lowest BCUT2D eigenvalue weighted by molar-refractivity contribution is -0.384. The van der Waals surface area contributed by atoms with Crippen LogP contribution >= 0.6 is 11.6 Å². The van der Waals surface area contributed by atoms with E-state index in [1.165, 1.54) is 28.6 Å². The van der Waals surface area contributed by atoms with Gasteiger partial charge in [-0.2, -0.15) is 9.29 Å². The van der Waals surface area contributed by atoms with Gasteiger partial charge in [-0.25, -0.2) is 8.42 Å². The van der Waals surface area contributed by atoms with Crippen molar-refractivity contribution in [1.29, 1.82) is 0 Å². The van der Waals surface area contributed by atoms with Gasteiger partial charge in [0.15, 0.2) is 0 Å². The van der Waals surface area contributed by atoms with Gasteiger partial charge in [-0.1, -0.05) is 16.8 Å². The highest BCUT2D eigenvalue weighted by molar-refractivity contribution is 7.89. The number of hydrogen-bond donors (Lipinski definition) is 0. The minimum absolute atomic E-state index is 0.0149. The van der Waals surface area contributed by atoms with Crippen LogP contribution in [-0.2, 0) is 10.0 Å². The smallest absolute Gasteiger partial charge is 0.269 e. The summed E-state index contributed by atoms with van der Waals surface area (Å²) >= 11 is 5.90. The summed E-state index contributed by atoms with van der Waals surface area (Å²) in [6.07, 6.45) is 1.35. The highest BCUT2D eigenvalue weighted by Gasteiger charge is 2.33. The van der Waals surface area contributed by atoms with E-state index in [0.717, 1.165) is 5.56 Å². The quantitative estimate of drug-likeness (QED) is 0.429. The van der Waals surface area contributed by atoms with E-state index < -0.39 is 14.9 Å². The third-order valence-electron chi connectivity index (χ3n) is 4.96. The molecule has 0 saturated carbocycles. The maximum absolute atomic E-state index is 13.0. The second-order valence-corrected chi connectivity index (χ2v) is 9.29. The zero-order valence-electron chi connectivity index (χ0n) is 15.6. The largest absolute Gasteiger partial charge is 0.339 e. The molecule has 0 amide bonds. The van der Waals surface area contributed by atoms with Crippen LogP contribution in [0, 0.1) is 10.1 Å². The number of nitro benzene ring substituents is 1. The molecule has 0 N–H and O–H groups in total. The van der Waals surface area contributed by atoms with Crippen LogP contribution in [0.2, 0.25) is 5.02 Å². The standard InChI is InChI=1S/C19H17ClN4O5S/c20-15-5-3-13(4-6-15)18-21-19(29-22-18)14-2-1-11-23(12-14)30(27,28)17-9-7-16(8-10-17)24(25)26/h3-10,14H,1-2,11-12H2/t14-/m0/s1. The fourth-order valence-corrected chi connectivity index (χ4v) is 5.02. The van der Waals surface area contributed by atoms with Gasteiger partial charge in [0.2, 0.25) is 21.7 Å². The zero-order chi connectivity index (χ0) is 21.3. The summed E-state index contributed by atoms with van der Waals surface area (Å²) in [7, 11) is -3.79. The molecule has 0 radical (unpaired) electrons. The topological polar surface area (TPSA) is 119 Å². The predicted octanol–water partition coefficient (Wildman–Crippen LogP) is 3.87.